The van der Waals surface area contributed by atoms with E-state index in [1.165, 1.54) is 0 Å². The molecule has 0 saturated heterocycles. The number of hydrogen-bond donors (Lipinski definition) is 2. The lowest BCUT2D eigenvalue weighted by Gasteiger charge is -2.17. The van der Waals surface area contributed by atoms with Crippen molar-refractivity contribution in [3.8, 4) is 33.6 Å². The molecule has 0 aliphatic rings. The first-order valence-electron chi connectivity index (χ1n) is 8.04. The third-order valence-corrected chi connectivity index (χ3v) is 4.25. The third-order valence-electron chi connectivity index (χ3n) is 4.25. The van der Waals surface area contributed by atoms with E-state index in [1.807, 2.05) is 72.8 Å². The Labute approximate surface area is 146 Å². The molecule has 0 aliphatic carbocycles. The highest BCUT2D eigenvalue weighted by Gasteiger charge is 2.18. The minimum atomic E-state index is 0.700. The summed E-state index contributed by atoms with van der Waals surface area (Å²) in [6.45, 7) is 0. The molecular formula is C22H17N2O. The van der Waals surface area contributed by atoms with Crippen LogP contribution in [0.15, 0.2) is 83.5 Å². The third kappa shape index (κ3) is 2.66. The Kier molecular flexibility index (Phi) is 3.75. The lowest BCUT2D eigenvalue weighted by Crippen LogP contribution is -1.96. The van der Waals surface area contributed by atoms with Crippen LogP contribution >= 0.6 is 0 Å². The van der Waals surface area contributed by atoms with E-state index in [2.05, 4.69) is 6.07 Å². The maximum Gasteiger partial charge on any atom is 0.135 e. The first kappa shape index (κ1) is 15.1. The van der Waals surface area contributed by atoms with Crippen molar-refractivity contribution in [2.45, 2.75) is 0 Å². The van der Waals surface area contributed by atoms with Gasteiger partial charge in [0.05, 0.1) is 6.26 Å². The molecule has 4 aromatic rings. The topological polar surface area (TPSA) is 65.2 Å². The summed E-state index contributed by atoms with van der Waals surface area (Å²) >= 11 is 0. The summed E-state index contributed by atoms with van der Waals surface area (Å²) in [5.74, 6) is 0.745. The number of nitrogen functional groups attached to an aromatic ring is 2. The van der Waals surface area contributed by atoms with Gasteiger partial charge in [0.1, 0.15) is 5.76 Å². The van der Waals surface area contributed by atoms with Crippen LogP contribution in [0.4, 0.5) is 11.4 Å². The second-order valence-electron chi connectivity index (χ2n) is 5.79. The number of benzene rings is 3. The summed E-state index contributed by atoms with van der Waals surface area (Å²) < 4.78 is 5.64. The van der Waals surface area contributed by atoms with Gasteiger partial charge in [0, 0.05) is 33.6 Å². The lowest BCUT2D eigenvalue weighted by atomic mass is 9.88. The summed E-state index contributed by atoms with van der Waals surface area (Å²) in [5, 5.41) is 0. The van der Waals surface area contributed by atoms with Crippen LogP contribution in [-0.4, -0.2) is 0 Å². The number of rotatable bonds is 3. The average molecular weight is 325 g/mol. The van der Waals surface area contributed by atoms with Crippen molar-refractivity contribution in [3.63, 3.8) is 0 Å². The summed E-state index contributed by atoms with van der Waals surface area (Å²) in [7, 11) is 0. The highest BCUT2D eigenvalue weighted by atomic mass is 16.3. The molecule has 3 aromatic carbocycles. The molecule has 0 atom stereocenters. The molecule has 0 amide bonds. The molecule has 0 unspecified atom stereocenters. The van der Waals surface area contributed by atoms with Crippen LogP contribution in [0, 0.1) is 6.07 Å². The predicted octanol–water partition coefficient (Wildman–Crippen LogP) is 5.25. The summed E-state index contributed by atoms with van der Waals surface area (Å²) in [6.07, 6.45) is 1.66. The van der Waals surface area contributed by atoms with Gasteiger partial charge < -0.3 is 15.9 Å². The van der Waals surface area contributed by atoms with Crippen molar-refractivity contribution >= 4 is 11.4 Å². The van der Waals surface area contributed by atoms with Crippen LogP contribution in [0.5, 0.6) is 0 Å². The van der Waals surface area contributed by atoms with Crippen LogP contribution in [0.25, 0.3) is 33.6 Å². The van der Waals surface area contributed by atoms with E-state index in [0.29, 0.717) is 5.69 Å². The summed E-state index contributed by atoms with van der Waals surface area (Å²) in [6, 6.07) is 26.6. The molecule has 0 bridgehead atoms. The predicted molar refractivity (Wildman–Crippen MR) is 103 cm³/mol. The Morgan fingerprint density at radius 1 is 0.680 bits per heavy atom. The first-order valence-corrected chi connectivity index (χ1v) is 8.04. The molecule has 1 radical (unpaired) electrons. The molecule has 0 spiro atoms. The number of nitrogens with two attached hydrogens (primary N) is 2. The smallest absolute Gasteiger partial charge is 0.135 e. The van der Waals surface area contributed by atoms with Gasteiger partial charge in [0.25, 0.3) is 0 Å². The fraction of sp³-hybridized carbons (Fsp3) is 0. The molecule has 25 heavy (non-hydrogen) atoms. The van der Waals surface area contributed by atoms with Gasteiger partial charge in [-0.3, -0.25) is 0 Å². The van der Waals surface area contributed by atoms with E-state index in [0.717, 1.165) is 39.3 Å². The highest BCUT2D eigenvalue weighted by molar-refractivity contribution is 5.98. The summed E-state index contributed by atoms with van der Waals surface area (Å²) in [5.41, 5.74) is 18.7. The quantitative estimate of drug-likeness (QED) is 0.506. The zero-order chi connectivity index (χ0) is 17.2. The number of hydrogen-bond acceptors (Lipinski definition) is 3. The Bertz CT molecular complexity index is 1020. The highest BCUT2D eigenvalue weighted by Crippen LogP contribution is 2.43. The molecule has 3 heteroatoms. The van der Waals surface area contributed by atoms with Crippen LogP contribution in [-0.2, 0) is 0 Å². The van der Waals surface area contributed by atoms with Gasteiger partial charge in [-0.15, -0.1) is 0 Å². The van der Waals surface area contributed by atoms with Crippen molar-refractivity contribution in [3.05, 3.63) is 85.1 Å². The van der Waals surface area contributed by atoms with Gasteiger partial charge in [0.15, 0.2) is 0 Å². The maximum atomic E-state index is 6.28. The maximum absolute atomic E-state index is 6.28. The fourth-order valence-electron chi connectivity index (χ4n) is 3.08. The van der Waals surface area contributed by atoms with E-state index >= 15 is 0 Å². The van der Waals surface area contributed by atoms with E-state index in [-0.39, 0.29) is 0 Å². The fourth-order valence-corrected chi connectivity index (χ4v) is 3.08. The standard InChI is InChI=1S/C22H17N2O/c23-19-11-3-1-7-15(19)16-9-5-10-18(21-13-6-14-25-21)22(16)17-8-2-4-12-20(17)24/h1-9,11-14H,23-24H2. The molecular weight excluding hydrogens is 308 g/mol. The van der Waals surface area contributed by atoms with Crippen LogP contribution in [0.2, 0.25) is 0 Å². The second kappa shape index (κ2) is 6.21. The molecule has 3 nitrogen and oxygen atoms in total. The first-order chi connectivity index (χ1) is 12.3. The molecule has 1 heterocycles. The van der Waals surface area contributed by atoms with Gasteiger partial charge in [-0.1, -0.05) is 48.5 Å². The van der Waals surface area contributed by atoms with Gasteiger partial charge in [-0.05, 0) is 35.9 Å². The normalized spacial score (nSPS) is 10.7. The van der Waals surface area contributed by atoms with Crippen molar-refractivity contribution < 1.29 is 4.42 Å². The molecule has 121 valence electrons. The van der Waals surface area contributed by atoms with E-state index in [9.17, 15) is 0 Å². The van der Waals surface area contributed by atoms with E-state index in [1.54, 1.807) is 6.26 Å². The van der Waals surface area contributed by atoms with Crippen molar-refractivity contribution in [2.24, 2.45) is 0 Å². The van der Waals surface area contributed by atoms with Gasteiger partial charge in [-0.25, -0.2) is 0 Å². The van der Waals surface area contributed by atoms with Crippen molar-refractivity contribution in [1.29, 1.82) is 0 Å². The molecule has 1 aromatic heterocycles. The van der Waals surface area contributed by atoms with Gasteiger partial charge in [0.2, 0.25) is 0 Å². The number of para-hydroxylation sites is 2. The minimum Gasteiger partial charge on any atom is -0.464 e. The minimum absolute atomic E-state index is 0.700. The van der Waals surface area contributed by atoms with E-state index in [4.69, 9.17) is 15.9 Å². The Balaban J connectivity index is 2.08. The monoisotopic (exact) mass is 325 g/mol. The van der Waals surface area contributed by atoms with Crippen LogP contribution < -0.4 is 11.5 Å². The summed E-state index contributed by atoms with van der Waals surface area (Å²) in [4.78, 5) is 0. The zero-order valence-electron chi connectivity index (χ0n) is 13.6. The van der Waals surface area contributed by atoms with Crippen molar-refractivity contribution in [1.82, 2.24) is 0 Å². The lowest BCUT2D eigenvalue weighted by molar-refractivity contribution is 0.582. The molecule has 0 fully saturated rings. The van der Waals surface area contributed by atoms with E-state index < -0.39 is 0 Å². The average Bonchev–Trinajstić information content (AvgIpc) is 3.17. The Morgan fingerprint density at radius 3 is 2.00 bits per heavy atom. The Hall–Kier alpha value is -3.46. The van der Waals surface area contributed by atoms with Crippen LogP contribution in [0.1, 0.15) is 0 Å². The van der Waals surface area contributed by atoms with Gasteiger partial charge >= 0.3 is 0 Å². The second-order valence-corrected chi connectivity index (χ2v) is 5.79. The van der Waals surface area contributed by atoms with Gasteiger partial charge in [-0.2, -0.15) is 0 Å². The number of anilines is 2. The molecule has 0 saturated carbocycles. The molecule has 4 N–H and O–H groups in total. The SMILES string of the molecule is Nc1ccccc1-c1cc[c]c(-c2ccco2)c1-c1ccccc1N. The molecule has 4 rings (SSSR count). The largest absolute Gasteiger partial charge is 0.464 e. The van der Waals surface area contributed by atoms with Crippen molar-refractivity contribution in [2.75, 3.05) is 11.5 Å². The molecule has 0 aliphatic heterocycles. The van der Waals surface area contributed by atoms with Crippen LogP contribution in [0.3, 0.4) is 0 Å². The number of furan rings is 1. The zero-order valence-corrected chi connectivity index (χ0v) is 13.6. The Morgan fingerprint density at radius 2 is 1.36 bits per heavy atom.